The van der Waals surface area contributed by atoms with Crippen LogP contribution >= 0.6 is 0 Å². The van der Waals surface area contributed by atoms with E-state index in [0.717, 1.165) is 12.8 Å². The highest BCUT2D eigenvalue weighted by atomic mass is 19.3. The number of rotatable bonds is 2. The lowest BCUT2D eigenvalue weighted by molar-refractivity contribution is -0.129. The number of alkyl halides is 2. The summed E-state index contributed by atoms with van der Waals surface area (Å²) in [7, 11) is 0. The molecule has 1 aromatic carbocycles. The first kappa shape index (κ1) is 13.1. The Kier molecular flexibility index (Phi) is 3.42. The van der Waals surface area contributed by atoms with Crippen LogP contribution in [0.4, 0.5) is 8.78 Å². The monoisotopic (exact) mass is 279 g/mol. The second-order valence-corrected chi connectivity index (χ2v) is 4.97. The zero-order valence-electron chi connectivity index (χ0n) is 10.9. The van der Waals surface area contributed by atoms with Crippen LogP contribution in [0.5, 0.6) is 5.75 Å². The van der Waals surface area contributed by atoms with Crippen molar-refractivity contribution < 1.29 is 18.3 Å². The third-order valence-electron chi connectivity index (χ3n) is 3.61. The van der Waals surface area contributed by atoms with Crippen LogP contribution in [0, 0.1) is 0 Å². The number of likely N-dealkylation sites (tertiary alicyclic amines) is 1. The van der Waals surface area contributed by atoms with Gasteiger partial charge in [0.1, 0.15) is 5.75 Å². The van der Waals surface area contributed by atoms with E-state index >= 15 is 0 Å². The summed E-state index contributed by atoms with van der Waals surface area (Å²) in [5, 5.41) is 0. The highest BCUT2D eigenvalue weighted by molar-refractivity contribution is 5.89. The molecule has 3 rings (SSSR count). The molecule has 0 saturated carbocycles. The Bertz CT molecular complexity index is 557. The number of benzene rings is 1. The molecule has 5 heteroatoms. The Balaban J connectivity index is 2.02. The highest BCUT2D eigenvalue weighted by Gasteiger charge is 2.32. The second-order valence-electron chi connectivity index (χ2n) is 4.97. The number of piperidine rings is 1. The van der Waals surface area contributed by atoms with Gasteiger partial charge in [-0.25, -0.2) is 8.78 Å². The van der Waals surface area contributed by atoms with E-state index in [4.69, 9.17) is 4.74 Å². The summed E-state index contributed by atoms with van der Waals surface area (Å²) >= 11 is 0. The van der Waals surface area contributed by atoms with Crippen molar-refractivity contribution in [2.24, 2.45) is 0 Å². The first-order valence-corrected chi connectivity index (χ1v) is 6.73. The highest BCUT2D eigenvalue weighted by Crippen LogP contribution is 2.36. The maximum atomic E-state index is 13.0. The number of fused-ring (bicyclic) bond motifs is 1. The van der Waals surface area contributed by atoms with Gasteiger partial charge < -0.3 is 9.64 Å². The number of ether oxygens (including phenoxy) is 1. The van der Waals surface area contributed by atoms with Crippen molar-refractivity contribution in [3.63, 3.8) is 0 Å². The van der Waals surface area contributed by atoms with Gasteiger partial charge in [-0.05, 0) is 31.1 Å². The largest absolute Gasteiger partial charge is 0.480 e. The van der Waals surface area contributed by atoms with Gasteiger partial charge in [-0.1, -0.05) is 12.1 Å². The fourth-order valence-electron chi connectivity index (χ4n) is 2.63. The van der Waals surface area contributed by atoms with Crippen molar-refractivity contribution in [2.75, 3.05) is 6.54 Å². The van der Waals surface area contributed by atoms with E-state index in [0.29, 0.717) is 30.0 Å². The van der Waals surface area contributed by atoms with Crippen molar-refractivity contribution in [2.45, 2.75) is 31.8 Å². The molecule has 20 heavy (non-hydrogen) atoms. The molecule has 0 radical (unpaired) electrons. The van der Waals surface area contributed by atoms with Crippen LogP contribution in [0.25, 0.3) is 5.70 Å². The Hall–Kier alpha value is -1.91. The van der Waals surface area contributed by atoms with Gasteiger partial charge in [-0.2, -0.15) is 0 Å². The Labute approximate surface area is 115 Å². The SMILES string of the molecule is O=C1CCCCN1C1=CC(C(F)F)Oc2ccccc21. The van der Waals surface area contributed by atoms with E-state index in [1.165, 1.54) is 6.08 Å². The number of halogens is 2. The van der Waals surface area contributed by atoms with Gasteiger partial charge in [0, 0.05) is 18.5 Å². The summed E-state index contributed by atoms with van der Waals surface area (Å²) < 4.78 is 31.2. The molecular weight excluding hydrogens is 264 g/mol. The molecule has 0 aliphatic carbocycles. The lowest BCUT2D eigenvalue weighted by Crippen LogP contribution is -2.37. The maximum Gasteiger partial charge on any atom is 0.278 e. The fourth-order valence-corrected chi connectivity index (χ4v) is 2.63. The summed E-state index contributed by atoms with van der Waals surface area (Å²) in [4.78, 5) is 13.6. The van der Waals surface area contributed by atoms with Crippen LogP contribution < -0.4 is 4.74 Å². The average molecular weight is 279 g/mol. The number of nitrogens with zero attached hydrogens (tertiary/aromatic N) is 1. The molecule has 3 nitrogen and oxygen atoms in total. The van der Waals surface area contributed by atoms with Crippen molar-refractivity contribution in [3.05, 3.63) is 35.9 Å². The summed E-state index contributed by atoms with van der Waals surface area (Å²) in [6.07, 6.45) is -0.312. The summed E-state index contributed by atoms with van der Waals surface area (Å²) in [6.45, 7) is 0.578. The van der Waals surface area contributed by atoms with E-state index in [1.807, 2.05) is 6.07 Å². The van der Waals surface area contributed by atoms with Crippen molar-refractivity contribution in [3.8, 4) is 5.75 Å². The van der Waals surface area contributed by atoms with Crippen LogP contribution in [0.3, 0.4) is 0 Å². The van der Waals surface area contributed by atoms with Gasteiger partial charge in [0.25, 0.3) is 6.43 Å². The van der Waals surface area contributed by atoms with Crippen LogP contribution in [0.2, 0.25) is 0 Å². The predicted molar refractivity (Wildman–Crippen MR) is 70.4 cm³/mol. The molecule has 106 valence electrons. The Morgan fingerprint density at radius 3 is 2.80 bits per heavy atom. The fraction of sp³-hybridized carbons (Fsp3) is 0.400. The number of hydrogen-bond acceptors (Lipinski definition) is 2. The van der Waals surface area contributed by atoms with Crippen LogP contribution in [0.1, 0.15) is 24.8 Å². The number of hydrogen-bond donors (Lipinski definition) is 0. The quantitative estimate of drug-likeness (QED) is 0.832. The topological polar surface area (TPSA) is 29.5 Å². The molecule has 1 amide bonds. The van der Waals surface area contributed by atoms with Crippen molar-refractivity contribution in [1.29, 1.82) is 0 Å². The molecule has 2 heterocycles. The molecule has 1 atom stereocenters. The molecule has 2 aliphatic heterocycles. The minimum Gasteiger partial charge on any atom is -0.480 e. The van der Waals surface area contributed by atoms with Gasteiger partial charge in [-0.15, -0.1) is 0 Å². The molecule has 1 fully saturated rings. The summed E-state index contributed by atoms with van der Waals surface area (Å²) in [6, 6.07) is 7.01. The molecule has 0 N–H and O–H groups in total. The number of para-hydroxylation sites is 1. The third kappa shape index (κ3) is 2.28. The molecular formula is C15H15F2NO2. The standard InChI is InChI=1S/C15H15F2NO2/c16-15(17)13-9-11(18-8-4-3-7-14(18)19)10-5-1-2-6-12(10)20-13/h1-2,5-6,9,13,15H,3-4,7-8H2. The summed E-state index contributed by atoms with van der Waals surface area (Å²) in [5.74, 6) is 0.404. The average Bonchev–Trinajstić information content (AvgIpc) is 2.46. The smallest absolute Gasteiger partial charge is 0.278 e. The minimum absolute atomic E-state index is 0.00720. The molecule has 1 unspecified atom stereocenters. The molecule has 0 spiro atoms. The lowest BCUT2D eigenvalue weighted by atomic mass is 10.0. The first-order chi connectivity index (χ1) is 9.66. The molecule has 0 bridgehead atoms. The van der Waals surface area contributed by atoms with Crippen molar-refractivity contribution >= 4 is 11.6 Å². The van der Waals surface area contributed by atoms with Crippen LogP contribution in [-0.4, -0.2) is 29.9 Å². The zero-order valence-corrected chi connectivity index (χ0v) is 10.9. The molecule has 1 aromatic rings. The number of carbonyl (C=O) groups is 1. The second kappa shape index (κ2) is 5.23. The van der Waals surface area contributed by atoms with E-state index in [2.05, 4.69) is 0 Å². The molecule has 0 aromatic heterocycles. The summed E-state index contributed by atoms with van der Waals surface area (Å²) in [5.41, 5.74) is 1.27. The van der Waals surface area contributed by atoms with E-state index < -0.39 is 12.5 Å². The zero-order chi connectivity index (χ0) is 14.1. The van der Waals surface area contributed by atoms with Gasteiger partial charge in [0.2, 0.25) is 5.91 Å². The van der Waals surface area contributed by atoms with Crippen LogP contribution in [-0.2, 0) is 4.79 Å². The minimum atomic E-state index is -2.61. The number of amides is 1. The normalized spacial score (nSPS) is 22.4. The van der Waals surface area contributed by atoms with E-state index in [9.17, 15) is 13.6 Å². The molecule has 2 aliphatic rings. The maximum absolute atomic E-state index is 13.0. The Morgan fingerprint density at radius 1 is 1.25 bits per heavy atom. The first-order valence-electron chi connectivity index (χ1n) is 6.73. The lowest BCUT2D eigenvalue weighted by Gasteiger charge is -2.34. The van der Waals surface area contributed by atoms with E-state index in [1.54, 1.807) is 23.1 Å². The van der Waals surface area contributed by atoms with Gasteiger partial charge in [0.15, 0.2) is 6.10 Å². The van der Waals surface area contributed by atoms with E-state index in [-0.39, 0.29) is 5.91 Å². The van der Waals surface area contributed by atoms with Crippen LogP contribution in [0.15, 0.2) is 30.3 Å². The number of carbonyl (C=O) groups excluding carboxylic acids is 1. The predicted octanol–water partition coefficient (Wildman–Crippen LogP) is 3.07. The third-order valence-corrected chi connectivity index (χ3v) is 3.61. The Morgan fingerprint density at radius 2 is 2.05 bits per heavy atom. The van der Waals surface area contributed by atoms with Gasteiger partial charge >= 0.3 is 0 Å². The van der Waals surface area contributed by atoms with Gasteiger partial charge in [-0.3, -0.25) is 4.79 Å². The van der Waals surface area contributed by atoms with Crippen molar-refractivity contribution in [1.82, 2.24) is 4.90 Å². The molecule has 1 saturated heterocycles. The van der Waals surface area contributed by atoms with Gasteiger partial charge in [0.05, 0.1) is 5.70 Å².